The molecule has 0 saturated carbocycles. The summed E-state index contributed by atoms with van der Waals surface area (Å²) in [5, 5.41) is 11.9. The molecule has 1 amide bonds. The fraction of sp³-hybridized carbons (Fsp3) is 0.0909. The largest absolute Gasteiger partial charge is 0.365 e. The number of thioether (sulfide) groups is 1. The normalized spacial score (nSPS) is 11.4. The first-order valence-electron chi connectivity index (χ1n) is 4.59. The van der Waals surface area contributed by atoms with Crippen LogP contribution < -0.4 is 11.1 Å². The third kappa shape index (κ3) is 3.50. The van der Waals surface area contributed by atoms with Crippen LogP contribution in [0.25, 0.3) is 0 Å². The molecule has 0 heterocycles. The molecule has 4 nitrogen and oxygen atoms in total. The van der Waals surface area contributed by atoms with Crippen molar-refractivity contribution in [3.63, 3.8) is 0 Å². The van der Waals surface area contributed by atoms with E-state index >= 15 is 0 Å². The van der Waals surface area contributed by atoms with Crippen molar-refractivity contribution in [2.45, 2.75) is 0 Å². The number of nitrogens with zero attached hydrogens (tertiary/aromatic N) is 1. The third-order valence-electron chi connectivity index (χ3n) is 1.87. The molecular formula is C11H10FN3OS. The van der Waals surface area contributed by atoms with Gasteiger partial charge in [0.25, 0.3) is 5.91 Å². The highest BCUT2D eigenvalue weighted by Gasteiger charge is 2.11. The van der Waals surface area contributed by atoms with E-state index < -0.39 is 11.7 Å². The van der Waals surface area contributed by atoms with Gasteiger partial charge in [0.2, 0.25) is 0 Å². The number of nitriles is 1. The first-order valence-corrected chi connectivity index (χ1v) is 5.81. The second-order valence-electron chi connectivity index (χ2n) is 3.02. The Bertz CT molecular complexity index is 508. The molecule has 0 saturated heterocycles. The summed E-state index contributed by atoms with van der Waals surface area (Å²) in [6, 6.07) is 7.41. The van der Waals surface area contributed by atoms with Crippen molar-refractivity contribution in [3.05, 3.63) is 40.7 Å². The number of hydrogen-bond acceptors (Lipinski definition) is 4. The molecule has 0 unspecified atom stereocenters. The first-order chi connectivity index (χ1) is 8.08. The van der Waals surface area contributed by atoms with Crippen LogP contribution in [-0.2, 0) is 4.79 Å². The van der Waals surface area contributed by atoms with Crippen molar-refractivity contribution in [1.29, 1.82) is 5.26 Å². The number of rotatable bonds is 4. The Morgan fingerprint density at radius 2 is 2.29 bits per heavy atom. The third-order valence-corrected chi connectivity index (χ3v) is 2.59. The Morgan fingerprint density at radius 3 is 2.76 bits per heavy atom. The Hall–Kier alpha value is -2.00. The second kappa shape index (κ2) is 5.92. The zero-order valence-corrected chi connectivity index (χ0v) is 9.84. The highest BCUT2D eigenvalue weighted by molar-refractivity contribution is 8.02. The van der Waals surface area contributed by atoms with Crippen LogP contribution in [0.4, 0.5) is 10.1 Å². The molecule has 17 heavy (non-hydrogen) atoms. The molecule has 3 N–H and O–H groups in total. The molecule has 6 heteroatoms. The van der Waals surface area contributed by atoms with Gasteiger partial charge < -0.3 is 11.1 Å². The predicted octanol–water partition coefficient (Wildman–Crippen LogP) is 1.82. The SMILES string of the molecule is CS/C(Nc1cccc(F)c1)=C(\C#N)C(N)=O. The van der Waals surface area contributed by atoms with Crippen LogP contribution in [0.1, 0.15) is 0 Å². The molecule has 0 aliphatic rings. The van der Waals surface area contributed by atoms with E-state index in [2.05, 4.69) is 5.32 Å². The molecule has 1 rings (SSSR count). The van der Waals surface area contributed by atoms with Crippen LogP contribution >= 0.6 is 11.8 Å². The lowest BCUT2D eigenvalue weighted by molar-refractivity contribution is -0.114. The van der Waals surface area contributed by atoms with E-state index in [4.69, 9.17) is 11.0 Å². The van der Waals surface area contributed by atoms with Gasteiger partial charge in [0.15, 0.2) is 0 Å². The Morgan fingerprint density at radius 1 is 1.59 bits per heavy atom. The lowest BCUT2D eigenvalue weighted by Crippen LogP contribution is -2.16. The molecule has 1 aromatic rings. The van der Waals surface area contributed by atoms with E-state index in [9.17, 15) is 9.18 Å². The number of carbonyl (C=O) groups excluding carboxylic acids is 1. The molecule has 0 bridgehead atoms. The number of amides is 1. The van der Waals surface area contributed by atoms with Crippen LogP contribution in [0.5, 0.6) is 0 Å². The summed E-state index contributed by atoms with van der Waals surface area (Å²) < 4.78 is 12.9. The van der Waals surface area contributed by atoms with Crippen molar-refractivity contribution in [3.8, 4) is 6.07 Å². The molecule has 1 aromatic carbocycles. The molecule has 0 aliphatic carbocycles. The van der Waals surface area contributed by atoms with Gasteiger partial charge in [-0.05, 0) is 24.5 Å². The van der Waals surface area contributed by atoms with E-state index in [1.54, 1.807) is 18.4 Å². The van der Waals surface area contributed by atoms with Gasteiger partial charge in [-0.2, -0.15) is 5.26 Å². The number of carbonyl (C=O) groups is 1. The number of halogens is 1. The highest BCUT2D eigenvalue weighted by atomic mass is 32.2. The highest BCUT2D eigenvalue weighted by Crippen LogP contribution is 2.20. The zero-order valence-electron chi connectivity index (χ0n) is 9.03. The minimum atomic E-state index is -0.819. The van der Waals surface area contributed by atoms with Crippen molar-refractivity contribution in [2.24, 2.45) is 5.73 Å². The van der Waals surface area contributed by atoms with E-state index in [1.807, 2.05) is 0 Å². The fourth-order valence-electron chi connectivity index (χ4n) is 1.13. The van der Waals surface area contributed by atoms with E-state index in [0.29, 0.717) is 10.7 Å². The first kappa shape index (κ1) is 13.1. The lowest BCUT2D eigenvalue weighted by Gasteiger charge is -2.09. The van der Waals surface area contributed by atoms with Gasteiger partial charge in [-0.25, -0.2) is 4.39 Å². The number of nitrogens with two attached hydrogens (primary N) is 1. The van der Waals surface area contributed by atoms with Crippen LogP contribution in [0.15, 0.2) is 34.9 Å². The summed E-state index contributed by atoms with van der Waals surface area (Å²) in [4.78, 5) is 11.0. The molecule has 88 valence electrons. The van der Waals surface area contributed by atoms with Gasteiger partial charge in [0.05, 0.1) is 5.03 Å². The predicted molar refractivity (Wildman–Crippen MR) is 65.4 cm³/mol. The zero-order chi connectivity index (χ0) is 12.8. The Labute approximate surface area is 102 Å². The van der Waals surface area contributed by atoms with Gasteiger partial charge in [-0.1, -0.05) is 6.07 Å². The summed E-state index contributed by atoms with van der Waals surface area (Å²) in [6.07, 6.45) is 1.68. The molecule has 0 spiro atoms. The summed E-state index contributed by atoms with van der Waals surface area (Å²) in [5.41, 5.74) is 5.33. The number of primary amides is 1. The minimum absolute atomic E-state index is 0.179. The number of anilines is 1. The van der Waals surface area contributed by atoms with Crippen molar-refractivity contribution < 1.29 is 9.18 Å². The minimum Gasteiger partial charge on any atom is -0.365 e. The Kier molecular flexibility index (Phi) is 4.55. The maximum absolute atomic E-state index is 12.9. The molecule has 0 aromatic heterocycles. The summed E-state index contributed by atoms with van der Waals surface area (Å²) in [7, 11) is 0. The Balaban J connectivity index is 3.06. The van der Waals surface area contributed by atoms with Gasteiger partial charge >= 0.3 is 0 Å². The number of benzene rings is 1. The maximum atomic E-state index is 12.9. The molecule has 0 fully saturated rings. The lowest BCUT2D eigenvalue weighted by atomic mass is 10.3. The summed E-state index contributed by atoms with van der Waals surface area (Å²) in [5.74, 6) is -1.23. The van der Waals surface area contributed by atoms with Crippen molar-refractivity contribution in [1.82, 2.24) is 0 Å². The monoisotopic (exact) mass is 251 g/mol. The smallest absolute Gasteiger partial charge is 0.262 e. The van der Waals surface area contributed by atoms with Gasteiger partial charge in [-0.3, -0.25) is 4.79 Å². The summed E-state index contributed by atoms with van der Waals surface area (Å²) in [6.45, 7) is 0. The van der Waals surface area contributed by atoms with Gasteiger partial charge in [0.1, 0.15) is 17.5 Å². The number of hydrogen-bond donors (Lipinski definition) is 2. The fourth-order valence-corrected chi connectivity index (χ4v) is 1.70. The van der Waals surface area contributed by atoms with E-state index in [1.165, 1.54) is 18.2 Å². The average Bonchev–Trinajstić information content (AvgIpc) is 2.28. The van der Waals surface area contributed by atoms with Crippen LogP contribution in [-0.4, -0.2) is 12.2 Å². The maximum Gasteiger partial charge on any atom is 0.262 e. The topological polar surface area (TPSA) is 78.9 Å². The molecule has 0 aliphatic heterocycles. The standard InChI is InChI=1S/C11H10FN3OS/c1-17-11(9(6-13)10(14)16)15-8-4-2-3-7(12)5-8/h2-5,15H,1H3,(H2,14,16)/b11-9+. The van der Waals surface area contributed by atoms with E-state index in [-0.39, 0.29) is 5.57 Å². The quantitative estimate of drug-likeness (QED) is 0.632. The average molecular weight is 251 g/mol. The van der Waals surface area contributed by atoms with Crippen LogP contribution in [0.2, 0.25) is 0 Å². The molecule has 0 radical (unpaired) electrons. The number of nitrogens with one attached hydrogen (secondary N) is 1. The van der Waals surface area contributed by atoms with Gasteiger partial charge in [0, 0.05) is 5.69 Å². The second-order valence-corrected chi connectivity index (χ2v) is 3.84. The summed E-state index contributed by atoms with van der Waals surface area (Å²) >= 11 is 1.15. The van der Waals surface area contributed by atoms with Crippen LogP contribution in [0, 0.1) is 17.1 Å². The van der Waals surface area contributed by atoms with Crippen LogP contribution in [0.3, 0.4) is 0 Å². The molecule has 0 atom stereocenters. The van der Waals surface area contributed by atoms with Crippen molar-refractivity contribution in [2.75, 3.05) is 11.6 Å². The van der Waals surface area contributed by atoms with Gasteiger partial charge in [-0.15, -0.1) is 11.8 Å². The molecular weight excluding hydrogens is 241 g/mol. The van der Waals surface area contributed by atoms with E-state index in [0.717, 1.165) is 11.8 Å². The van der Waals surface area contributed by atoms with Crippen molar-refractivity contribution >= 4 is 23.4 Å².